The molecule has 5 heteroatoms. The summed E-state index contributed by atoms with van der Waals surface area (Å²) in [5.41, 5.74) is 1.16. The Morgan fingerprint density at radius 3 is 2.57 bits per heavy atom. The molecule has 1 fully saturated rings. The van der Waals surface area contributed by atoms with Gasteiger partial charge in [-0.1, -0.05) is 25.5 Å². The van der Waals surface area contributed by atoms with Crippen molar-refractivity contribution in [1.82, 2.24) is 9.62 Å². The number of benzene rings is 1. The summed E-state index contributed by atoms with van der Waals surface area (Å²) in [7, 11) is -1.43. The van der Waals surface area contributed by atoms with Gasteiger partial charge in [-0.2, -0.15) is 4.31 Å². The predicted molar refractivity (Wildman–Crippen MR) is 85.9 cm³/mol. The van der Waals surface area contributed by atoms with Gasteiger partial charge in [-0.15, -0.1) is 0 Å². The average molecular weight is 310 g/mol. The second-order valence-electron chi connectivity index (χ2n) is 5.67. The molecule has 0 spiro atoms. The van der Waals surface area contributed by atoms with Gasteiger partial charge in [0.2, 0.25) is 10.0 Å². The predicted octanol–water partition coefficient (Wildman–Crippen LogP) is 2.40. The van der Waals surface area contributed by atoms with E-state index in [1.54, 1.807) is 16.4 Å². The molecule has 1 aliphatic rings. The Labute approximate surface area is 128 Å². The van der Waals surface area contributed by atoms with Crippen molar-refractivity contribution in [3.63, 3.8) is 0 Å². The quantitative estimate of drug-likeness (QED) is 0.878. The van der Waals surface area contributed by atoms with Crippen LogP contribution in [0.2, 0.25) is 0 Å². The van der Waals surface area contributed by atoms with E-state index in [1.165, 1.54) is 0 Å². The molecule has 118 valence electrons. The summed E-state index contributed by atoms with van der Waals surface area (Å²) in [4.78, 5) is 0.427. The first-order chi connectivity index (χ1) is 10.1. The van der Waals surface area contributed by atoms with Crippen LogP contribution in [-0.2, 0) is 16.4 Å². The normalized spacial score (nSPS) is 20.6. The van der Waals surface area contributed by atoms with Crippen LogP contribution in [0.1, 0.15) is 38.2 Å². The number of hydrogen-bond acceptors (Lipinski definition) is 3. The third-order valence-electron chi connectivity index (χ3n) is 4.24. The van der Waals surface area contributed by atoms with E-state index in [9.17, 15) is 8.42 Å². The molecule has 0 aromatic heterocycles. The molecule has 1 heterocycles. The van der Waals surface area contributed by atoms with Gasteiger partial charge in [0.05, 0.1) is 4.90 Å². The zero-order valence-electron chi connectivity index (χ0n) is 13.0. The molecule has 1 unspecified atom stereocenters. The summed E-state index contributed by atoms with van der Waals surface area (Å²) in [6.45, 7) is 3.62. The molecule has 1 aromatic carbocycles. The standard InChI is InChI=1S/C16H26N2O2S/c1-3-15-6-4-5-13-18(15)21(19,20)16-9-7-14(8-10-16)11-12-17-2/h7-10,15,17H,3-6,11-13H2,1-2H3. The third-order valence-corrected chi connectivity index (χ3v) is 6.20. The highest BCUT2D eigenvalue weighted by atomic mass is 32.2. The minimum absolute atomic E-state index is 0.160. The molecule has 1 atom stereocenters. The summed E-state index contributed by atoms with van der Waals surface area (Å²) in [6.07, 6.45) is 4.89. The monoisotopic (exact) mass is 310 g/mol. The van der Waals surface area contributed by atoms with E-state index < -0.39 is 10.0 Å². The average Bonchev–Trinajstić information content (AvgIpc) is 2.53. The number of hydrogen-bond donors (Lipinski definition) is 1. The van der Waals surface area contributed by atoms with Crippen LogP contribution in [-0.4, -0.2) is 38.9 Å². The van der Waals surface area contributed by atoms with E-state index in [4.69, 9.17) is 0 Å². The molecule has 0 radical (unpaired) electrons. The Kier molecular flexibility index (Phi) is 5.79. The Balaban J connectivity index is 2.18. The maximum Gasteiger partial charge on any atom is 0.243 e. The van der Waals surface area contributed by atoms with Crippen LogP contribution < -0.4 is 5.32 Å². The zero-order valence-corrected chi connectivity index (χ0v) is 13.8. The topological polar surface area (TPSA) is 49.4 Å². The summed E-state index contributed by atoms with van der Waals surface area (Å²) < 4.78 is 27.3. The van der Waals surface area contributed by atoms with Crippen LogP contribution in [0.25, 0.3) is 0 Å². The largest absolute Gasteiger partial charge is 0.319 e. The fraction of sp³-hybridized carbons (Fsp3) is 0.625. The van der Waals surface area contributed by atoms with Crippen LogP contribution in [0.15, 0.2) is 29.2 Å². The van der Waals surface area contributed by atoms with E-state index in [0.717, 1.165) is 44.2 Å². The molecule has 21 heavy (non-hydrogen) atoms. The lowest BCUT2D eigenvalue weighted by atomic mass is 10.0. The highest BCUT2D eigenvalue weighted by Gasteiger charge is 2.32. The maximum absolute atomic E-state index is 12.8. The summed E-state index contributed by atoms with van der Waals surface area (Å²) in [6, 6.07) is 7.51. The Bertz CT molecular complexity index is 540. The molecule has 4 nitrogen and oxygen atoms in total. The second kappa shape index (κ2) is 7.38. The first-order valence-electron chi connectivity index (χ1n) is 7.85. The Hall–Kier alpha value is -0.910. The highest BCUT2D eigenvalue weighted by molar-refractivity contribution is 7.89. The Morgan fingerprint density at radius 2 is 1.95 bits per heavy atom. The molecule has 2 rings (SSSR count). The van der Waals surface area contributed by atoms with Crippen molar-refractivity contribution in [2.45, 2.75) is 50.0 Å². The fourth-order valence-corrected chi connectivity index (χ4v) is 4.70. The van der Waals surface area contributed by atoms with Gasteiger partial charge in [-0.3, -0.25) is 0 Å². The van der Waals surface area contributed by atoms with Gasteiger partial charge in [-0.25, -0.2) is 8.42 Å². The first kappa shape index (κ1) is 16.5. The molecular formula is C16H26N2O2S. The molecular weight excluding hydrogens is 284 g/mol. The van der Waals surface area contributed by atoms with Gasteiger partial charge in [0.25, 0.3) is 0 Å². The van der Waals surface area contributed by atoms with Gasteiger partial charge >= 0.3 is 0 Å². The van der Waals surface area contributed by atoms with E-state index in [2.05, 4.69) is 12.2 Å². The van der Waals surface area contributed by atoms with Crippen molar-refractivity contribution >= 4 is 10.0 Å². The lowest BCUT2D eigenvalue weighted by Gasteiger charge is -2.34. The third kappa shape index (κ3) is 3.84. The summed E-state index contributed by atoms with van der Waals surface area (Å²) in [5.74, 6) is 0. The van der Waals surface area contributed by atoms with Crippen molar-refractivity contribution in [2.24, 2.45) is 0 Å². The molecule has 1 aliphatic heterocycles. The zero-order chi connectivity index (χ0) is 15.3. The second-order valence-corrected chi connectivity index (χ2v) is 7.56. The molecule has 0 bridgehead atoms. The van der Waals surface area contributed by atoms with Crippen molar-refractivity contribution in [1.29, 1.82) is 0 Å². The smallest absolute Gasteiger partial charge is 0.243 e. The van der Waals surface area contributed by atoms with Gasteiger partial charge in [-0.05, 0) is 57.0 Å². The fourth-order valence-electron chi connectivity index (χ4n) is 2.93. The summed E-state index contributed by atoms with van der Waals surface area (Å²) in [5, 5.41) is 3.10. The van der Waals surface area contributed by atoms with E-state index in [0.29, 0.717) is 11.4 Å². The van der Waals surface area contributed by atoms with E-state index in [1.807, 2.05) is 19.2 Å². The Morgan fingerprint density at radius 1 is 1.24 bits per heavy atom. The van der Waals surface area contributed by atoms with Crippen LogP contribution in [0.5, 0.6) is 0 Å². The number of nitrogens with one attached hydrogen (secondary N) is 1. The lowest BCUT2D eigenvalue weighted by molar-refractivity contribution is 0.246. The lowest BCUT2D eigenvalue weighted by Crippen LogP contribution is -2.43. The number of nitrogens with zero attached hydrogens (tertiary/aromatic N) is 1. The van der Waals surface area contributed by atoms with Crippen LogP contribution in [0.3, 0.4) is 0 Å². The molecule has 1 N–H and O–H groups in total. The molecule has 0 saturated carbocycles. The number of sulfonamides is 1. The van der Waals surface area contributed by atoms with E-state index >= 15 is 0 Å². The molecule has 0 amide bonds. The number of rotatable bonds is 6. The summed E-state index contributed by atoms with van der Waals surface area (Å²) >= 11 is 0. The van der Waals surface area contributed by atoms with Crippen LogP contribution in [0, 0.1) is 0 Å². The van der Waals surface area contributed by atoms with Gasteiger partial charge < -0.3 is 5.32 Å². The van der Waals surface area contributed by atoms with Gasteiger partial charge in [0, 0.05) is 12.6 Å². The molecule has 1 saturated heterocycles. The van der Waals surface area contributed by atoms with Crippen molar-refractivity contribution < 1.29 is 8.42 Å². The van der Waals surface area contributed by atoms with Crippen LogP contribution >= 0.6 is 0 Å². The molecule has 1 aromatic rings. The van der Waals surface area contributed by atoms with E-state index in [-0.39, 0.29) is 6.04 Å². The number of likely N-dealkylation sites (N-methyl/N-ethyl adjacent to an activating group) is 1. The number of piperidine rings is 1. The first-order valence-corrected chi connectivity index (χ1v) is 9.29. The SMILES string of the molecule is CCC1CCCCN1S(=O)(=O)c1ccc(CCNC)cc1. The van der Waals surface area contributed by atoms with Crippen molar-refractivity contribution in [3.8, 4) is 0 Å². The van der Waals surface area contributed by atoms with Gasteiger partial charge in [0.15, 0.2) is 0 Å². The molecule has 0 aliphatic carbocycles. The minimum Gasteiger partial charge on any atom is -0.319 e. The van der Waals surface area contributed by atoms with Gasteiger partial charge in [0.1, 0.15) is 0 Å². The van der Waals surface area contributed by atoms with Crippen LogP contribution in [0.4, 0.5) is 0 Å². The highest BCUT2D eigenvalue weighted by Crippen LogP contribution is 2.27. The van der Waals surface area contributed by atoms with Crippen molar-refractivity contribution in [3.05, 3.63) is 29.8 Å². The maximum atomic E-state index is 12.8. The minimum atomic E-state index is -3.34. The van der Waals surface area contributed by atoms with Crippen molar-refractivity contribution in [2.75, 3.05) is 20.1 Å².